The second kappa shape index (κ2) is 5.71. The first-order valence-corrected chi connectivity index (χ1v) is 8.02. The van der Waals surface area contributed by atoms with Crippen molar-refractivity contribution in [2.45, 2.75) is 57.4 Å². The molecule has 1 atom stereocenters. The predicted molar refractivity (Wildman–Crippen MR) is 83.1 cm³/mol. The molecule has 132 valence electrons. The normalized spacial score (nSPS) is 26.1. The van der Waals surface area contributed by atoms with Crippen molar-refractivity contribution >= 4 is 12.7 Å². The summed E-state index contributed by atoms with van der Waals surface area (Å²) in [5, 5.41) is 0. The molecule has 2 aliphatic heterocycles. The van der Waals surface area contributed by atoms with Gasteiger partial charge in [-0.05, 0) is 51.8 Å². The fourth-order valence-corrected chi connectivity index (χ4v) is 2.84. The molecule has 0 radical (unpaired) electrons. The van der Waals surface area contributed by atoms with E-state index in [0.717, 1.165) is 6.07 Å². The third kappa shape index (κ3) is 3.19. The molecular weight excluding hydrogens is 322 g/mol. The molecule has 1 unspecified atom stereocenters. The van der Waals surface area contributed by atoms with Crippen molar-refractivity contribution < 1.29 is 27.2 Å². The van der Waals surface area contributed by atoms with Gasteiger partial charge in [0.1, 0.15) is 5.69 Å². The van der Waals surface area contributed by atoms with Crippen molar-refractivity contribution in [1.29, 1.82) is 0 Å². The first-order valence-electron chi connectivity index (χ1n) is 8.02. The average Bonchev–Trinajstić information content (AvgIpc) is 3.04. The number of alkyl halides is 3. The van der Waals surface area contributed by atoms with Gasteiger partial charge in [0.25, 0.3) is 0 Å². The third-order valence-corrected chi connectivity index (χ3v) is 5.05. The van der Waals surface area contributed by atoms with E-state index in [-0.39, 0.29) is 11.5 Å². The Balaban J connectivity index is 2.00. The van der Waals surface area contributed by atoms with Crippen molar-refractivity contribution in [2.75, 3.05) is 13.2 Å². The molecule has 0 aromatic carbocycles. The topological polar surface area (TPSA) is 40.6 Å². The van der Waals surface area contributed by atoms with Crippen molar-refractivity contribution in [2.24, 2.45) is 0 Å². The maximum absolute atomic E-state index is 13.3. The Kier molecular flexibility index (Phi) is 4.21. The molecule has 3 heterocycles. The van der Waals surface area contributed by atoms with Crippen LogP contribution in [0.25, 0.3) is 0 Å². The average molecular weight is 343 g/mol. The SMILES string of the molecule is CC1(C)OB(c2cc(C3CCOC3)cc(C(F)(F)F)n2)OC1(C)C. The molecule has 2 saturated heterocycles. The number of hydrogen-bond acceptors (Lipinski definition) is 4. The fourth-order valence-electron chi connectivity index (χ4n) is 2.84. The van der Waals surface area contributed by atoms with E-state index in [4.69, 9.17) is 14.0 Å². The summed E-state index contributed by atoms with van der Waals surface area (Å²) in [4.78, 5) is 3.77. The Morgan fingerprint density at radius 2 is 1.75 bits per heavy atom. The highest BCUT2D eigenvalue weighted by Crippen LogP contribution is 2.37. The van der Waals surface area contributed by atoms with E-state index in [9.17, 15) is 13.2 Å². The number of halogens is 3. The number of nitrogens with zero attached hydrogens (tertiary/aromatic N) is 1. The molecule has 1 aromatic rings. The summed E-state index contributed by atoms with van der Waals surface area (Å²) < 4.78 is 56.8. The van der Waals surface area contributed by atoms with Crippen LogP contribution in [-0.2, 0) is 20.2 Å². The maximum atomic E-state index is 13.3. The van der Waals surface area contributed by atoms with Crippen LogP contribution in [0.5, 0.6) is 0 Å². The van der Waals surface area contributed by atoms with Crippen molar-refractivity contribution in [3.8, 4) is 0 Å². The van der Waals surface area contributed by atoms with E-state index in [1.54, 1.807) is 6.07 Å². The molecule has 0 saturated carbocycles. The quantitative estimate of drug-likeness (QED) is 0.775. The lowest BCUT2D eigenvalue weighted by atomic mass is 9.81. The molecule has 0 aliphatic carbocycles. The van der Waals surface area contributed by atoms with Gasteiger partial charge >= 0.3 is 13.3 Å². The predicted octanol–water partition coefficient (Wildman–Crippen LogP) is 2.90. The molecule has 3 rings (SSSR count). The smallest absolute Gasteiger partial charge is 0.398 e. The Morgan fingerprint density at radius 3 is 2.25 bits per heavy atom. The minimum absolute atomic E-state index is 0.0599. The van der Waals surface area contributed by atoms with Crippen molar-refractivity contribution in [1.82, 2.24) is 4.98 Å². The molecule has 0 N–H and O–H groups in total. The minimum Gasteiger partial charge on any atom is -0.398 e. The molecule has 8 heteroatoms. The molecule has 1 aromatic heterocycles. The number of aromatic nitrogens is 1. The standard InChI is InChI=1S/C16H21BF3NO3/c1-14(2)15(3,4)24-17(23-14)13-8-11(10-5-6-22-9-10)7-12(21-13)16(18,19)20/h7-8,10H,5-6,9H2,1-4H3. The van der Waals surface area contributed by atoms with E-state index < -0.39 is 30.2 Å². The number of ether oxygens (including phenoxy) is 1. The summed E-state index contributed by atoms with van der Waals surface area (Å²) in [5.41, 5.74) is -1.46. The number of hydrogen-bond donors (Lipinski definition) is 0. The lowest BCUT2D eigenvalue weighted by molar-refractivity contribution is -0.141. The molecular formula is C16H21BF3NO3. The minimum atomic E-state index is -4.52. The Morgan fingerprint density at radius 1 is 1.12 bits per heavy atom. The van der Waals surface area contributed by atoms with Gasteiger partial charge < -0.3 is 14.0 Å². The molecule has 0 amide bonds. The molecule has 0 bridgehead atoms. The van der Waals surface area contributed by atoms with Crippen molar-refractivity contribution in [3.05, 3.63) is 23.4 Å². The molecule has 2 aliphatic rings. The van der Waals surface area contributed by atoms with E-state index in [0.29, 0.717) is 25.2 Å². The van der Waals surface area contributed by atoms with E-state index >= 15 is 0 Å². The van der Waals surface area contributed by atoms with Gasteiger partial charge in [-0.2, -0.15) is 13.2 Å². The van der Waals surface area contributed by atoms with Crippen LogP contribution in [0.15, 0.2) is 12.1 Å². The van der Waals surface area contributed by atoms with Crippen LogP contribution in [0.3, 0.4) is 0 Å². The number of rotatable bonds is 2. The highest BCUT2D eigenvalue weighted by Gasteiger charge is 2.53. The van der Waals surface area contributed by atoms with E-state index in [1.165, 1.54) is 0 Å². The van der Waals surface area contributed by atoms with Gasteiger partial charge in [-0.1, -0.05) is 0 Å². The zero-order valence-corrected chi connectivity index (χ0v) is 14.2. The fraction of sp³-hybridized carbons (Fsp3) is 0.688. The van der Waals surface area contributed by atoms with Gasteiger partial charge in [0.2, 0.25) is 0 Å². The van der Waals surface area contributed by atoms with Crippen LogP contribution in [0.1, 0.15) is 51.3 Å². The third-order valence-electron chi connectivity index (χ3n) is 5.05. The highest BCUT2D eigenvalue weighted by atomic mass is 19.4. The van der Waals surface area contributed by atoms with E-state index in [2.05, 4.69) is 4.98 Å². The van der Waals surface area contributed by atoms with Crippen LogP contribution < -0.4 is 5.59 Å². The van der Waals surface area contributed by atoms with Crippen molar-refractivity contribution in [3.63, 3.8) is 0 Å². The van der Waals surface area contributed by atoms with Gasteiger partial charge in [0, 0.05) is 12.5 Å². The summed E-state index contributed by atoms with van der Waals surface area (Å²) >= 11 is 0. The lowest BCUT2D eigenvalue weighted by Crippen LogP contribution is -2.41. The molecule has 4 nitrogen and oxygen atoms in total. The molecule has 24 heavy (non-hydrogen) atoms. The molecule has 2 fully saturated rings. The first kappa shape index (κ1) is 17.7. The lowest BCUT2D eigenvalue weighted by Gasteiger charge is -2.32. The summed E-state index contributed by atoms with van der Waals surface area (Å²) in [6.45, 7) is 8.39. The first-order chi connectivity index (χ1) is 11.0. The molecule has 0 spiro atoms. The Hall–Kier alpha value is -1.12. The monoisotopic (exact) mass is 343 g/mol. The Bertz CT molecular complexity index is 611. The van der Waals surface area contributed by atoms with Crippen LogP contribution in [0, 0.1) is 0 Å². The van der Waals surface area contributed by atoms with Gasteiger partial charge in [0.15, 0.2) is 0 Å². The summed E-state index contributed by atoms with van der Waals surface area (Å²) in [6.07, 6.45) is -3.82. The zero-order chi connectivity index (χ0) is 17.8. The van der Waals surface area contributed by atoms with Gasteiger partial charge in [-0.15, -0.1) is 0 Å². The highest BCUT2D eigenvalue weighted by molar-refractivity contribution is 6.61. The summed E-state index contributed by atoms with van der Waals surface area (Å²) in [7, 11) is -0.918. The maximum Gasteiger partial charge on any atom is 0.514 e. The van der Waals surface area contributed by atoms with Crippen LogP contribution in [0.4, 0.5) is 13.2 Å². The summed E-state index contributed by atoms with van der Waals surface area (Å²) in [6, 6.07) is 2.75. The second-order valence-corrected chi connectivity index (χ2v) is 7.36. The zero-order valence-electron chi connectivity index (χ0n) is 14.2. The van der Waals surface area contributed by atoms with Crippen LogP contribution in [-0.4, -0.2) is 36.5 Å². The largest absolute Gasteiger partial charge is 0.514 e. The van der Waals surface area contributed by atoms with Gasteiger partial charge in [-0.25, -0.2) is 0 Å². The summed E-state index contributed by atoms with van der Waals surface area (Å²) in [5.74, 6) is -0.0599. The van der Waals surface area contributed by atoms with Crippen LogP contribution in [0.2, 0.25) is 0 Å². The second-order valence-electron chi connectivity index (χ2n) is 7.36. The van der Waals surface area contributed by atoms with Gasteiger partial charge in [-0.3, -0.25) is 4.98 Å². The Labute approximate surface area is 139 Å². The van der Waals surface area contributed by atoms with Gasteiger partial charge in [0.05, 0.1) is 23.4 Å². The number of pyridine rings is 1. The van der Waals surface area contributed by atoms with E-state index in [1.807, 2.05) is 27.7 Å². The van der Waals surface area contributed by atoms with Crippen LogP contribution >= 0.6 is 0 Å².